The van der Waals surface area contributed by atoms with Gasteiger partial charge in [0.15, 0.2) is 0 Å². The van der Waals surface area contributed by atoms with Crippen molar-refractivity contribution in [2.24, 2.45) is 0 Å². The normalized spacial score (nSPS) is 14.4. The van der Waals surface area contributed by atoms with E-state index in [2.05, 4.69) is 4.72 Å². The second kappa shape index (κ2) is 8.45. The van der Waals surface area contributed by atoms with Gasteiger partial charge in [0.2, 0.25) is 15.9 Å². The van der Waals surface area contributed by atoms with Crippen LogP contribution in [0.2, 0.25) is 0 Å². The van der Waals surface area contributed by atoms with Gasteiger partial charge in [0, 0.05) is 36.0 Å². The molecule has 1 saturated heterocycles. The van der Waals surface area contributed by atoms with Crippen molar-refractivity contribution >= 4 is 32.4 Å². The van der Waals surface area contributed by atoms with Crippen LogP contribution in [0.1, 0.15) is 25.3 Å². The molecule has 1 heterocycles. The maximum Gasteiger partial charge on any atom is 0.241 e. The van der Waals surface area contributed by atoms with Gasteiger partial charge in [0.05, 0.1) is 11.5 Å². The summed E-state index contributed by atoms with van der Waals surface area (Å²) in [5.74, 6) is 0.767. The van der Waals surface area contributed by atoms with Gasteiger partial charge in [-0.25, -0.2) is 13.1 Å². The summed E-state index contributed by atoms with van der Waals surface area (Å²) in [6, 6.07) is 18.0. The summed E-state index contributed by atoms with van der Waals surface area (Å²) in [5.41, 5.74) is 1.60. The molecule has 1 aliphatic rings. The Morgan fingerprint density at radius 1 is 1.03 bits per heavy atom. The third kappa shape index (κ3) is 4.04. The molecule has 3 aromatic rings. The minimum absolute atomic E-state index is 0.105. The summed E-state index contributed by atoms with van der Waals surface area (Å²) in [7, 11) is -3.75. The van der Waals surface area contributed by atoms with Crippen molar-refractivity contribution in [3.05, 3.63) is 66.2 Å². The highest BCUT2D eigenvalue weighted by molar-refractivity contribution is 7.89. The number of amides is 1. The lowest BCUT2D eigenvalue weighted by Crippen LogP contribution is -2.25. The standard InChI is InChI=1S/C23H24N2O4S/c1-2-29-21-12-13-22(20-10-4-3-9-19(20)21)30(27,28)24-16-17-7-5-8-18(15-17)25-14-6-11-23(25)26/h3-5,7-10,12-13,15,24H,2,6,11,14,16H2,1H3. The van der Waals surface area contributed by atoms with Gasteiger partial charge in [-0.05, 0) is 43.2 Å². The molecule has 1 aliphatic heterocycles. The average Bonchev–Trinajstić information content (AvgIpc) is 3.19. The third-order valence-corrected chi connectivity index (χ3v) is 6.65. The number of fused-ring (bicyclic) bond motifs is 1. The van der Waals surface area contributed by atoms with Crippen molar-refractivity contribution in [1.82, 2.24) is 4.72 Å². The molecule has 0 atom stereocenters. The van der Waals surface area contributed by atoms with Crippen LogP contribution in [0.15, 0.2) is 65.6 Å². The lowest BCUT2D eigenvalue weighted by molar-refractivity contribution is -0.117. The fourth-order valence-corrected chi connectivity index (χ4v) is 5.00. The van der Waals surface area contributed by atoms with Crippen molar-refractivity contribution in [3.8, 4) is 5.75 Å². The van der Waals surface area contributed by atoms with Crippen molar-refractivity contribution < 1.29 is 17.9 Å². The highest BCUT2D eigenvalue weighted by atomic mass is 32.2. The molecule has 0 spiro atoms. The summed E-state index contributed by atoms with van der Waals surface area (Å²) in [4.78, 5) is 14.0. The quantitative estimate of drug-likeness (QED) is 0.625. The lowest BCUT2D eigenvalue weighted by Gasteiger charge is -2.17. The second-order valence-electron chi connectivity index (χ2n) is 7.18. The van der Waals surface area contributed by atoms with Crippen LogP contribution in [0.4, 0.5) is 5.69 Å². The Morgan fingerprint density at radius 3 is 2.57 bits per heavy atom. The number of anilines is 1. The fraction of sp³-hybridized carbons (Fsp3) is 0.261. The summed E-state index contributed by atoms with van der Waals surface area (Å²) >= 11 is 0. The molecule has 0 aromatic heterocycles. The highest BCUT2D eigenvalue weighted by Gasteiger charge is 2.22. The van der Waals surface area contributed by atoms with Gasteiger partial charge < -0.3 is 9.64 Å². The van der Waals surface area contributed by atoms with Crippen LogP contribution in [0.5, 0.6) is 5.75 Å². The van der Waals surface area contributed by atoms with Gasteiger partial charge in [0.25, 0.3) is 0 Å². The molecule has 1 amide bonds. The smallest absolute Gasteiger partial charge is 0.241 e. The molecule has 1 N–H and O–H groups in total. The summed E-state index contributed by atoms with van der Waals surface area (Å²) in [6.45, 7) is 3.24. The Balaban J connectivity index is 1.59. The van der Waals surface area contributed by atoms with E-state index in [1.807, 2.05) is 49.4 Å². The van der Waals surface area contributed by atoms with Gasteiger partial charge in [-0.3, -0.25) is 4.79 Å². The van der Waals surface area contributed by atoms with E-state index in [4.69, 9.17) is 4.74 Å². The monoisotopic (exact) mass is 424 g/mol. The van der Waals surface area contributed by atoms with Crippen LogP contribution >= 0.6 is 0 Å². The van der Waals surface area contributed by atoms with E-state index >= 15 is 0 Å². The third-order valence-electron chi connectivity index (χ3n) is 5.20. The van der Waals surface area contributed by atoms with E-state index in [0.29, 0.717) is 30.7 Å². The number of hydrogen-bond acceptors (Lipinski definition) is 4. The Bertz CT molecular complexity index is 1190. The fourth-order valence-electron chi connectivity index (χ4n) is 3.77. The number of nitrogens with one attached hydrogen (secondary N) is 1. The van der Waals surface area contributed by atoms with Crippen LogP contribution in [0, 0.1) is 0 Å². The Morgan fingerprint density at radius 2 is 1.83 bits per heavy atom. The molecular formula is C23H24N2O4S. The predicted octanol–water partition coefficient (Wildman–Crippen LogP) is 3.84. The van der Waals surface area contributed by atoms with Gasteiger partial charge in [-0.15, -0.1) is 0 Å². The van der Waals surface area contributed by atoms with E-state index in [-0.39, 0.29) is 17.3 Å². The van der Waals surface area contributed by atoms with E-state index in [9.17, 15) is 13.2 Å². The molecule has 0 unspecified atom stereocenters. The van der Waals surface area contributed by atoms with Crippen LogP contribution in [0.25, 0.3) is 10.8 Å². The Hall–Kier alpha value is -2.90. The number of benzene rings is 3. The number of ether oxygens (including phenoxy) is 1. The largest absolute Gasteiger partial charge is 0.493 e. The molecule has 6 nitrogen and oxygen atoms in total. The first kappa shape index (κ1) is 20.4. The molecular weight excluding hydrogens is 400 g/mol. The zero-order valence-electron chi connectivity index (χ0n) is 16.8. The Labute approximate surface area is 176 Å². The van der Waals surface area contributed by atoms with Crippen molar-refractivity contribution in [2.45, 2.75) is 31.2 Å². The number of nitrogens with zero attached hydrogens (tertiary/aromatic N) is 1. The van der Waals surface area contributed by atoms with Crippen LogP contribution in [-0.4, -0.2) is 27.5 Å². The number of hydrogen-bond donors (Lipinski definition) is 1. The molecule has 0 aliphatic carbocycles. The van der Waals surface area contributed by atoms with Gasteiger partial charge >= 0.3 is 0 Å². The summed E-state index contributed by atoms with van der Waals surface area (Å²) in [6.07, 6.45) is 1.40. The van der Waals surface area contributed by atoms with Crippen LogP contribution < -0.4 is 14.4 Å². The molecule has 30 heavy (non-hydrogen) atoms. The minimum Gasteiger partial charge on any atom is -0.493 e. The van der Waals surface area contributed by atoms with E-state index in [1.54, 1.807) is 23.1 Å². The van der Waals surface area contributed by atoms with E-state index < -0.39 is 10.0 Å². The first-order chi connectivity index (χ1) is 14.5. The van der Waals surface area contributed by atoms with Crippen molar-refractivity contribution in [3.63, 3.8) is 0 Å². The molecule has 0 radical (unpaired) electrons. The minimum atomic E-state index is -3.75. The second-order valence-corrected chi connectivity index (χ2v) is 8.92. The topological polar surface area (TPSA) is 75.7 Å². The number of rotatable bonds is 7. The number of carbonyl (C=O) groups is 1. The molecule has 4 rings (SSSR count). The molecule has 156 valence electrons. The maximum atomic E-state index is 13.1. The SMILES string of the molecule is CCOc1ccc(S(=O)(=O)NCc2cccc(N3CCCC3=O)c2)c2ccccc12. The molecule has 1 fully saturated rings. The molecule has 0 saturated carbocycles. The first-order valence-electron chi connectivity index (χ1n) is 10.0. The molecule has 7 heteroatoms. The van der Waals surface area contributed by atoms with Crippen molar-refractivity contribution in [1.29, 1.82) is 0 Å². The maximum absolute atomic E-state index is 13.1. The average molecular weight is 425 g/mol. The van der Waals surface area contributed by atoms with Crippen LogP contribution in [0.3, 0.4) is 0 Å². The van der Waals surface area contributed by atoms with Gasteiger partial charge in [0.1, 0.15) is 5.75 Å². The first-order valence-corrected chi connectivity index (χ1v) is 11.5. The van der Waals surface area contributed by atoms with Crippen LogP contribution in [-0.2, 0) is 21.4 Å². The van der Waals surface area contributed by atoms with Gasteiger partial charge in [-0.2, -0.15) is 0 Å². The summed E-state index contributed by atoms with van der Waals surface area (Å²) < 4.78 is 34.5. The van der Waals surface area contributed by atoms with Gasteiger partial charge in [-0.1, -0.05) is 36.4 Å². The Kier molecular flexibility index (Phi) is 5.74. The number of sulfonamides is 1. The highest BCUT2D eigenvalue weighted by Crippen LogP contribution is 2.31. The lowest BCUT2D eigenvalue weighted by atomic mass is 10.1. The van der Waals surface area contributed by atoms with E-state index in [0.717, 1.165) is 23.1 Å². The van der Waals surface area contributed by atoms with E-state index in [1.165, 1.54) is 0 Å². The zero-order chi connectivity index (χ0) is 21.1. The van der Waals surface area contributed by atoms with Crippen molar-refractivity contribution in [2.75, 3.05) is 18.1 Å². The molecule has 0 bridgehead atoms. The predicted molar refractivity (Wildman–Crippen MR) is 117 cm³/mol. The number of carbonyl (C=O) groups excluding carboxylic acids is 1. The zero-order valence-corrected chi connectivity index (χ0v) is 17.6. The summed E-state index contributed by atoms with van der Waals surface area (Å²) in [5, 5.41) is 1.38. The molecule has 3 aromatic carbocycles.